The van der Waals surface area contributed by atoms with Crippen LogP contribution in [0.4, 0.5) is 0 Å². The molecule has 0 aromatic heterocycles. The third kappa shape index (κ3) is 4.63. The highest BCUT2D eigenvalue weighted by Crippen LogP contribution is 2.25. The maximum absolute atomic E-state index is 9.68. The Bertz CT molecular complexity index is 212. The summed E-state index contributed by atoms with van der Waals surface area (Å²) in [6, 6.07) is 2.16. The van der Waals surface area contributed by atoms with Gasteiger partial charge in [0.05, 0.1) is 12.2 Å². The maximum atomic E-state index is 9.68. The summed E-state index contributed by atoms with van der Waals surface area (Å²) in [4.78, 5) is 2.29. The number of rotatable bonds is 6. The summed E-state index contributed by atoms with van der Waals surface area (Å²) in [5, 5.41) is 18.1. The van der Waals surface area contributed by atoms with E-state index in [1.807, 2.05) is 0 Å². The summed E-state index contributed by atoms with van der Waals surface area (Å²) in [6.45, 7) is 2.05. The summed E-state index contributed by atoms with van der Waals surface area (Å²) in [5.41, 5.74) is 0. The SMILES string of the molecule is CN(CCCCC#N)CC1CCCC1O. The lowest BCUT2D eigenvalue weighted by Crippen LogP contribution is -2.30. The van der Waals surface area contributed by atoms with Crippen LogP contribution in [0.5, 0.6) is 0 Å². The van der Waals surface area contributed by atoms with Crippen LogP contribution >= 0.6 is 0 Å². The quantitative estimate of drug-likeness (QED) is 0.680. The highest BCUT2D eigenvalue weighted by molar-refractivity contribution is 4.78. The number of aliphatic hydroxyl groups is 1. The van der Waals surface area contributed by atoms with Crippen LogP contribution in [0, 0.1) is 17.2 Å². The molecule has 15 heavy (non-hydrogen) atoms. The van der Waals surface area contributed by atoms with Crippen LogP contribution in [0.1, 0.15) is 38.5 Å². The van der Waals surface area contributed by atoms with Crippen molar-refractivity contribution in [3.05, 3.63) is 0 Å². The molecule has 0 aliphatic heterocycles. The van der Waals surface area contributed by atoms with Gasteiger partial charge in [0, 0.05) is 13.0 Å². The topological polar surface area (TPSA) is 47.3 Å². The molecule has 1 aliphatic carbocycles. The smallest absolute Gasteiger partial charge is 0.0621 e. The van der Waals surface area contributed by atoms with Crippen LogP contribution in [0.15, 0.2) is 0 Å². The Balaban J connectivity index is 2.07. The van der Waals surface area contributed by atoms with Gasteiger partial charge in [-0.2, -0.15) is 5.26 Å². The van der Waals surface area contributed by atoms with Gasteiger partial charge in [0.1, 0.15) is 0 Å². The van der Waals surface area contributed by atoms with E-state index in [0.717, 1.165) is 32.4 Å². The molecule has 0 bridgehead atoms. The molecule has 0 saturated heterocycles. The van der Waals surface area contributed by atoms with E-state index in [2.05, 4.69) is 18.0 Å². The second-order valence-corrected chi connectivity index (χ2v) is 4.64. The van der Waals surface area contributed by atoms with Gasteiger partial charge in [-0.1, -0.05) is 6.42 Å². The lowest BCUT2D eigenvalue weighted by Gasteiger charge is -2.22. The van der Waals surface area contributed by atoms with Crippen LogP contribution in [0.3, 0.4) is 0 Å². The molecular weight excluding hydrogens is 188 g/mol. The van der Waals surface area contributed by atoms with E-state index in [-0.39, 0.29) is 6.10 Å². The van der Waals surface area contributed by atoms with E-state index in [9.17, 15) is 5.11 Å². The Labute approximate surface area is 92.7 Å². The number of nitriles is 1. The molecule has 0 aromatic carbocycles. The lowest BCUT2D eigenvalue weighted by molar-refractivity contribution is 0.109. The minimum Gasteiger partial charge on any atom is -0.393 e. The van der Waals surface area contributed by atoms with Crippen LogP contribution < -0.4 is 0 Å². The number of hydrogen-bond donors (Lipinski definition) is 1. The molecule has 0 amide bonds. The molecule has 0 aromatic rings. The van der Waals surface area contributed by atoms with E-state index < -0.39 is 0 Å². The Kier molecular flexibility index (Phi) is 5.67. The van der Waals surface area contributed by atoms with E-state index in [1.165, 1.54) is 12.8 Å². The molecule has 0 radical (unpaired) electrons. The number of hydrogen-bond acceptors (Lipinski definition) is 3. The minimum atomic E-state index is -0.0773. The van der Waals surface area contributed by atoms with Gasteiger partial charge >= 0.3 is 0 Å². The minimum absolute atomic E-state index is 0.0773. The van der Waals surface area contributed by atoms with Gasteiger partial charge in [0.2, 0.25) is 0 Å². The van der Waals surface area contributed by atoms with Gasteiger partial charge in [0.25, 0.3) is 0 Å². The molecule has 0 heterocycles. The average molecular weight is 210 g/mol. The predicted molar refractivity (Wildman–Crippen MR) is 60.3 cm³/mol. The van der Waals surface area contributed by atoms with Crippen molar-refractivity contribution < 1.29 is 5.11 Å². The zero-order chi connectivity index (χ0) is 11.1. The molecule has 2 atom stereocenters. The first kappa shape index (κ1) is 12.5. The molecule has 86 valence electrons. The standard InChI is InChI=1S/C12H22N2O/c1-14(9-4-2-3-8-13)10-11-6-5-7-12(11)15/h11-12,15H,2-7,9-10H2,1H3. The largest absolute Gasteiger partial charge is 0.393 e. The van der Waals surface area contributed by atoms with Gasteiger partial charge in [-0.15, -0.1) is 0 Å². The maximum Gasteiger partial charge on any atom is 0.0621 e. The number of nitrogens with zero attached hydrogens (tertiary/aromatic N) is 2. The second-order valence-electron chi connectivity index (χ2n) is 4.64. The molecule has 1 fully saturated rings. The fourth-order valence-electron chi connectivity index (χ4n) is 2.31. The van der Waals surface area contributed by atoms with Gasteiger partial charge in [0.15, 0.2) is 0 Å². The first-order chi connectivity index (χ1) is 7.24. The van der Waals surface area contributed by atoms with Gasteiger partial charge < -0.3 is 10.0 Å². The molecule has 3 nitrogen and oxygen atoms in total. The van der Waals surface area contributed by atoms with E-state index in [0.29, 0.717) is 12.3 Å². The van der Waals surface area contributed by atoms with Crippen molar-refractivity contribution >= 4 is 0 Å². The lowest BCUT2D eigenvalue weighted by atomic mass is 10.1. The Morgan fingerprint density at radius 2 is 2.20 bits per heavy atom. The van der Waals surface area contributed by atoms with E-state index in [1.54, 1.807) is 0 Å². The molecular formula is C12H22N2O. The fourth-order valence-corrected chi connectivity index (χ4v) is 2.31. The van der Waals surface area contributed by atoms with Crippen LogP contribution in [-0.2, 0) is 0 Å². The highest BCUT2D eigenvalue weighted by Gasteiger charge is 2.25. The van der Waals surface area contributed by atoms with Crippen molar-refractivity contribution in [3.8, 4) is 6.07 Å². The van der Waals surface area contributed by atoms with E-state index >= 15 is 0 Å². The number of aliphatic hydroxyl groups excluding tert-OH is 1. The van der Waals surface area contributed by atoms with E-state index in [4.69, 9.17) is 5.26 Å². The van der Waals surface area contributed by atoms with Gasteiger partial charge in [-0.05, 0) is 45.2 Å². The van der Waals surface area contributed by atoms with Crippen molar-refractivity contribution in [2.75, 3.05) is 20.1 Å². The molecule has 1 N–H and O–H groups in total. The first-order valence-electron chi connectivity index (χ1n) is 5.97. The molecule has 3 heteroatoms. The molecule has 1 rings (SSSR count). The van der Waals surface area contributed by atoms with Crippen molar-refractivity contribution in [1.82, 2.24) is 4.90 Å². The number of unbranched alkanes of at least 4 members (excludes halogenated alkanes) is 2. The summed E-state index contributed by atoms with van der Waals surface area (Å²) in [6.07, 6.45) is 6.00. The van der Waals surface area contributed by atoms with Crippen molar-refractivity contribution in [3.63, 3.8) is 0 Å². The van der Waals surface area contributed by atoms with Crippen LogP contribution in [0.2, 0.25) is 0 Å². The Morgan fingerprint density at radius 1 is 1.40 bits per heavy atom. The summed E-state index contributed by atoms with van der Waals surface area (Å²) in [5.74, 6) is 0.478. The fraction of sp³-hybridized carbons (Fsp3) is 0.917. The summed E-state index contributed by atoms with van der Waals surface area (Å²) in [7, 11) is 2.11. The molecule has 1 aliphatic rings. The van der Waals surface area contributed by atoms with Crippen LogP contribution in [-0.4, -0.2) is 36.2 Å². The molecule has 2 unspecified atom stereocenters. The predicted octanol–water partition coefficient (Wildman–Crippen LogP) is 1.77. The zero-order valence-electron chi connectivity index (χ0n) is 9.65. The zero-order valence-corrected chi connectivity index (χ0v) is 9.65. The third-order valence-electron chi connectivity index (χ3n) is 3.24. The Hall–Kier alpha value is -0.590. The van der Waals surface area contributed by atoms with Crippen molar-refractivity contribution in [2.45, 2.75) is 44.6 Å². The van der Waals surface area contributed by atoms with Crippen molar-refractivity contribution in [1.29, 1.82) is 5.26 Å². The summed E-state index contributed by atoms with van der Waals surface area (Å²) >= 11 is 0. The Morgan fingerprint density at radius 3 is 2.80 bits per heavy atom. The van der Waals surface area contributed by atoms with Gasteiger partial charge in [-0.25, -0.2) is 0 Å². The second kappa shape index (κ2) is 6.81. The first-order valence-corrected chi connectivity index (χ1v) is 5.97. The third-order valence-corrected chi connectivity index (χ3v) is 3.24. The van der Waals surface area contributed by atoms with Gasteiger partial charge in [-0.3, -0.25) is 0 Å². The average Bonchev–Trinajstić information content (AvgIpc) is 2.59. The summed E-state index contributed by atoms with van der Waals surface area (Å²) < 4.78 is 0. The van der Waals surface area contributed by atoms with Crippen LogP contribution in [0.25, 0.3) is 0 Å². The monoisotopic (exact) mass is 210 g/mol. The highest BCUT2D eigenvalue weighted by atomic mass is 16.3. The normalized spacial score (nSPS) is 25.7. The molecule has 0 spiro atoms. The molecule has 1 saturated carbocycles. The van der Waals surface area contributed by atoms with Crippen molar-refractivity contribution in [2.24, 2.45) is 5.92 Å².